The lowest BCUT2D eigenvalue weighted by Crippen LogP contribution is -2.32. The summed E-state index contributed by atoms with van der Waals surface area (Å²) in [6.45, 7) is 3.36. The summed E-state index contributed by atoms with van der Waals surface area (Å²) in [6, 6.07) is -0.369. The third-order valence-electron chi connectivity index (χ3n) is 1.26. The molecule has 0 spiro atoms. The van der Waals surface area contributed by atoms with E-state index in [0.29, 0.717) is 0 Å². The van der Waals surface area contributed by atoms with Crippen molar-refractivity contribution in [1.82, 2.24) is 4.98 Å². The van der Waals surface area contributed by atoms with Gasteiger partial charge in [0.05, 0.1) is 11.7 Å². The largest absolute Gasteiger partial charge is 0.432 e. The summed E-state index contributed by atoms with van der Waals surface area (Å²) in [7, 11) is 0. The second-order valence-electron chi connectivity index (χ2n) is 2.57. The van der Waals surface area contributed by atoms with Gasteiger partial charge in [0.2, 0.25) is 5.91 Å². The minimum absolute atomic E-state index is 0.190. The summed E-state index contributed by atoms with van der Waals surface area (Å²) in [5.74, 6) is -0.308. The molecule has 1 atom stereocenters. The van der Waals surface area contributed by atoms with Crippen LogP contribution in [0.5, 0.6) is 0 Å². The van der Waals surface area contributed by atoms with Gasteiger partial charge in [-0.3, -0.25) is 10.1 Å². The fraction of sp³-hybridized carbons (Fsp3) is 0.429. The normalized spacial score (nSPS) is 12.6. The topological polar surface area (TPSA) is 81.2 Å². The van der Waals surface area contributed by atoms with Gasteiger partial charge in [0, 0.05) is 0 Å². The van der Waals surface area contributed by atoms with E-state index in [4.69, 9.17) is 10.2 Å². The number of amides is 1. The number of nitrogens with one attached hydrogen (secondary N) is 1. The van der Waals surface area contributed by atoms with Crippen molar-refractivity contribution in [1.29, 1.82) is 0 Å². The summed E-state index contributed by atoms with van der Waals surface area (Å²) in [6.07, 6.45) is 1.46. The minimum atomic E-state index is -0.558. The Morgan fingerprint density at radius 1 is 1.83 bits per heavy atom. The molecule has 1 aromatic heterocycles. The quantitative estimate of drug-likeness (QED) is 0.665. The Morgan fingerprint density at radius 3 is 2.92 bits per heavy atom. The maximum atomic E-state index is 11.0. The van der Waals surface area contributed by atoms with E-state index in [-0.39, 0.29) is 11.9 Å². The Balaban J connectivity index is 2.58. The average molecular weight is 169 g/mol. The SMILES string of the molecule is Cc1coc(NC(=O)[C@H](C)N)n1. The van der Waals surface area contributed by atoms with Gasteiger partial charge in [0.25, 0.3) is 0 Å². The lowest BCUT2D eigenvalue weighted by atomic mass is 10.3. The number of hydrogen-bond donors (Lipinski definition) is 2. The van der Waals surface area contributed by atoms with Crippen LogP contribution in [0.2, 0.25) is 0 Å². The second kappa shape index (κ2) is 3.36. The molecular weight excluding hydrogens is 158 g/mol. The van der Waals surface area contributed by atoms with E-state index in [1.165, 1.54) is 6.26 Å². The van der Waals surface area contributed by atoms with Crippen molar-refractivity contribution in [2.45, 2.75) is 19.9 Å². The molecule has 3 N–H and O–H groups in total. The number of nitrogens with zero attached hydrogens (tertiary/aromatic N) is 1. The zero-order chi connectivity index (χ0) is 9.14. The molecule has 1 amide bonds. The Kier molecular flexibility index (Phi) is 2.44. The summed E-state index contributed by atoms with van der Waals surface area (Å²) >= 11 is 0. The molecule has 1 rings (SSSR count). The highest BCUT2D eigenvalue weighted by atomic mass is 16.4. The van der Waals surface area contributed by atoms with Crippen LogP contribution in [0.3, 0.4) is 0 Å². The summed E-state index contributed by atoms with van der Waals surface area (Å²) in [5.41, 5.74) is 6.03. The van der Waals surface area contributed by atoms with Gasteiger partial charge in [-0.15, -0.1) is 0 Å². The molecule has 0 aromatic carbocycles. The first-order valence-electron chi connectivity index (χ1n) is 3.58. The van der Waals surface area contributed by atoms with E-state index in [0.717, 1.165) is 5.69 Å². The van der Waals surface area contributed by atoms with Gasteiger partial charge in [-0.1, -0.05) is 0 Å². The number of aromatic nitrogens is 1. The first kappa shape index (κ1) is 8.73. The van der Waals surface area contributed by atoms with Crippen molar-refractivity contribution in [2.75, 3.05) is 5.32 Å². The molecule has 5 heteroatoms. The van der Waals surface area contributed by atoms with Gasteiger partial charge < -0.3 is 10.2 Å². The summed E-state index contributed by atoms with van der Waals surface area (Å²) < 4.78 is 4.89. The van der Waals surface area contributed by atoms with Crippen LogP contribution in [-0.2, 0) is 4.79 Å². The van der Waals surface area contributed by atoms with Crippen molar-refractivity contribution >= 4 is 11.9 Å². The summed E-state index contributed by atoms with van der Waals surface area (Å²) in [4.78, 5) is 14.9. The Hall–Kier alpha value is -1.36. The molecule has 0 saturated heterocycles. The third-order valence-corrected chi connectivity index (χ3v) is 1.26. The average Bonchev–Trinajstić information content (AvgIpc) is 2.35. The van der Waals surface area contributed by atoms with Crippen LogP contribution in [0.25, 0.3) is 0 Å². The Labute approximate surface area is 70.0 Å². The van der Waals surface area contributed by atoms with Crippen LogP contribution < -0.4 is 11.1 Å². The molecule has 0 bridgehead atoms. The number of rotatable bonds is 2. The number of hydrogen-bond acceptors (Lipinski definition) is 4. The van der Waals surface area contributed by atoms with Crippen LogP contribution in [0.15, 0.2) is 10.7 Å². The minimum Gasteiger partial charge on any atom is -0.432 e. The number of oxazole rings is 1. The van der Waals surface area contributed by atoms with Crippen molar-refractivity contribution in [2.24, 2.45) is 5.73 Å². The van der Waals surface area contributed by atoms with Crippen molar-refractivity contribution in [3.63, 3.8) is 0 Å². The first-order valence-corrected chi connectivity index (χ1v) is 3.58. The van der Waals surface area contributed by atoms with Crippen LogP contribution in [0.1, 0.15) is 12.6 Å². The molecular formula is C7H11N3O2. The maximum Gasteiger partial charge on any atom is 0.301 e. The number of carbonyl (C=O) groups excluding carboxylic acids is 1. The molecule has 5 nitrogen and oxygen atoms in total. The molecule has 0 aliphatic carbocycles. The molecule has 1 heterocycles. The zero-order valence-electron chi connectivity index (χ0n) is 7.00. The van der Waals surface area contributed by atoms with E-state index in [1.54, 1.807) is 13.8 Å². The molecule has 0 radical (unpaired) electrons. The molecule has 1 aromatic rings. The van der Waals surface area contributed by atoms with Gasteiger partial charge in [-0.25, -0.2) is 0 Å². The van der Waals surface area contributed by atoms with Gasteiger partial charge in [-0.2, -0.15) is 4.98 Å². The van der Waals surface area contributed by atoms with Crippen molar-refractivity contribution in [3.8, 4) is 0 Å². The first-order chi connectivity index (χ1) is 5.59. The van der Waals surface area contributed by atoms with Gasteiger partial charge in [-0.05, 0) is 13.8 Å². The molecule has 66 valence electrons. The Morgan fingerprint density at radius 2 is 2.50 bits per heavy atom. The molecule has 0 aliphatic heterocycles. The zero-order valence-corrected chi connectivity index (χ0v) is 7.00. The lowest BCUT2D eigenvalue weighted by Gasteiger charge is -2.02. The smallest absolute Gasteiger partial charge is 0.301 e. The third kappa shape index (κ3) is 2.06. The van der Waals surface area contributed by atoms with Crippen molar-refractivity contribution in [3.05, 3.63) is 12.0 Å². The van der Waals surface area contributed by atoms with Crippen LogP contribution in [0.4, 0.5) is 6.01 Å². The molecule has 12 heavy (non-hydrogen) atoms. The highest BCUT2D eigenvalue weighted by Crippen LogP contribution is 2.05. The van der Waals surface area contributed by atoms with E-state index in [9.17, 15) is 4.79 Å². The van der Waals surface area contributed by atoms with E-state index < -0.39 is 6.04 Å². The molecule has 0 unspecified atom stereocenters. The highest BCUT2D eigenvalue weighted by Gasteiger charge is 2.09. The van der Waals surface area contributed by atoms with Gasteiger partial charge >= 0.3 is 6.01 Å². The fourth-order valence-electron chi connectivity index (χ4n) is 0.631. The standard InChI is InChI=1S/C7H11N3O2/c1-4-3-12-7(9-4)10-6(11)5(2)8/h3,5H,8H2,1-2H3,(H,9,10,11)/t5-/m0/s1. The van der Waals surface area contributed by atoms with Crippen LogP contribution >= 0.6 is 0 Å². The second-order valence-corrected chi connectivity index (χ2v) is 2.57. The monoisotopic (exact) mass is 169 g/mol. The molecule has 0 saturated carbocycles. The van der Waals surface area contributed by atoms with Crippen LogP contribution in [-0.4, -0.2) is 16.9 Å². The van der Waals surface area contributed by atoms with E-state index >= 15 is 0 Å². The number of nitrogens with two attached hydrogens (primary N) is 1. The number of carbonyl (C=O) groups is 1. The highest BCUT2D eigenvalue weighted by molar-refractivity contribution is 5.92. The molecule has 0 fully saturated rings. The number of anilines is 1. The summed E-state index contributed by atoms with van der Waals surface area (Å²) in [5, 5.41) is 2.42. The van der Waals surface area contributed by atoms with E-state index in [1.807, 2.05) is 0 Å². The maximum absolute atomic E-state index is 11.0. The predicted octanol–water partition coefficient (Wildman–Crippen LogP) is 0.269. The van der Waals surface area contributed by atoms with Crippen molar-refractivity contribution < 1.29 is 9.21 Å². The number of aryl methyl sites for hydroxylation is 1. The van der Waals surface area contributed by atoms with Crippen LogP contribution in [0, 0.1) is 6.92 Å². The van der Waals surface area contributed by atoms with Gasteiger partial charge in [0.15, 0.2) is 0 Å². The molecule has 0 aliphatic rings. The van der Waals surface area contributed by atoms with E-state index in [2.05, 4.69) is 10.3 Å². The predicted molar refractivity (Wildman–Crippen MR) is 43.5 cm³/mol. The Bertz CT molecular complexity index is 280. The fourth-order valence-corrected chi connectivity index (χ4v) is 0.631. The van der Waals surface area contributed by atoms with Gasteiger partial charge in [0.1, 0.15) is 6.26 Å². The lowest BCUT2D eigenvalue weighted by molar-refractivity contribution is -0.117.